The molecular formula is C31H30Cl2N4O2. The first-order valence-corrected chi connectivity index (χ1v) is 12.5. The number of carbonyl (C=O) groups excluding carboxylic acids is 1. The van der Waals surface area contributed by atoms with Crippen molar-refractivity contribution in [1.29, 1.82) is 0 Å². The number of aromatic nitrogens is 2. The zero-order chi connectivity index (χ0) is 25.2. The van der Waals surface area contributed by atoms with Gasteiger partial charge >= 0.3 is 0 Å². The van der Waals surface area contributed by atoms with E-state index in [0.29, 0.717) is 37.5 Å². The average Bonchev–Trinajstić information content (AvgIpc) is 3.40. The van der Waals surface area contributed by atoms with E-state index in [4.69, 9.17) is 4.74 Å². The number of anilines is 1. The highest BCUT2D eigenvalue weighted by Crippen LogP contribution is 2.34. The lowest BCUT2D eigenvalue weighted by molar-refractivity contribution is 0.0750. The van der Waals surface area contributed by atoms with Gasteiger partial charge in [-0.3, -0.25) is 4.79 Å². The highest BCUT2D eigenvalue weighted by Gasteiger charge is 2.27. The number of aromatic amines is 1. The molecule has 4 aromatic carbocycles. The minimum atomic E-state index is -0.0203. The fraction of sp³-hybridized carbons (Fsp3) is 0.161. The van der Waals surface area contributed by atoms with E-state index in [-0.39, 0.29) is 30.7 Å². The number of benzene rings is 4. The summed E-state index contributed by atoms with van der Waals surface area (Å²) in [5, 5.41) is 1.93. The molecule has 1 N–H and O–H groups in total. The first-order valence-electron chi connectivity index (χ1n) is 12.5. The minimum absolute atomic E-state index is 0. The maximum atomic E-state index is 14.1. The van der Waals surface area contributed by atoms with Crippen molar-refractivity contribution in [3.8, 4) is 16.9 Å². The van der Waals surface area contributed by atoms with Crippen LogP contribution in [0.25, 0.3) is 21.9 Å². The molecule has 1 aliphatic heterocycles. The Labute approximate surface area is 240 Å². The van der Waals surface area contributed by atoms with Crippen molar-refractivity contribution in [2.24, 2.45) is 0 Å². The van der Waals surface area contributed by atoms with Crippen LogP contribution >= 0.6 is 24.8 Å². The summed E-state index contributed by atoms with van der Waals surface area (Å²) in [5.74, 6) is 0.577. The number of carbonyl (C=O) groups is 1. The molecule has 39 heavy (non-hydrogen) atoms. The van der Waals surface area contributed by atoms with Gasteiger partial charge in [0.25, 0.3) is 5.91 Å². The number of fused-ring (bicyclic) bond motifs is 2. The standard InChI is InChI=1S/C31H28N4O2.2ClH/c1-37-29-14-12-23-9-5-6-10-27(23)30(29)31(36)35-16-15-34(20-26-18-32-21-33-26)28-13-11-24(17-25(28)19-35)22-7-3-2-4-8-22;;/h2-14,17-18,21H,15-16,19-20H2,1H3,(H,32,33);2*1H. The van der Waals surface area contributed by atoms with E-state index in [1.54, 1.807) is 13.4 Å². The predicted octanol–water partition coefficient (Wildman–Crippen LogP) is 6.74. The van der Waals surface area contributed by atoms with Gasteiger partial charge < -0.3 is 19.5 Å². The number of hydrogen-bond donors (Lipinski definition) is 1. The van der Waals surface area contributed by atoms with Crippen LogP contribution in [0.3, 0.4) is 0 Å². The van der Waals surface area contributed by atoms with E-state index in [9.17, 15) is 4.79 Å². The molecule has 1 aliphatic rings. The lowest BCUT2D eigenvalue weighted by atomic mass is 10.00. The van der Waals surface area contributed by atoms with Crippen molar-refractivity contribution >= 4 is 47.2 Å². The SMILES string of the molecule is COc1ccc2ccccc2c1C(=O)N1CCN(Cc2cnc[nH]2)c2ccc(-c3ccccc3)cc2C1.Cl.Cl. The Morgan fingerprint density at radius 2 is 1.72 bits per heavy atom. The fourth-order valence-electron chi connectivity index (χ4n) is 5.19. The van der Waals surface area contributed by atoms with Gasteiger partial charge in [0, 0.05) is 31.5 Å². The van der Waals surface area contributed by atoms with Gasteiger partial charge in [-0.1, -0.05) is 66.7 Å². The number of halogens is 2. The molecule has 8 heteroatoms. The Kier molecular flexibility index (Phi) is 8.79. The van der Waals surface area contributed by atoms with Crippen LogP contribution in [0.2, 0.25) is 0 Å². The van der Waals surface area contributed by atoms with E-state index in [0.717, 1.165) is 38.8 Å². The summed E-state index contributed by atoms with van der Waals surface area (Å²) >= 11 is 0. The van der Waals surface area contributed by atoms with Gasteiger partial charge in [0.1, 0.15) is 5.75 Å². The second-order valence-corrected chi connectivity index (χ2v) is 9.30. The van der Waals surface area contributed by atoms with Crippen molar-refractivity contribution in [3.63, 3.8) is 0 Å². The molecule has 0 unspecified atom stereocenters. The molecule has 0 radical (unpaired) electrons. The average molecular weight is 562 g/mol. The molecule has 0 spiro atoms. The number of imidazole rings is 1. The first kappa shape index (κ1) is 28.0. The normalized spacial score (nSPS) is 12.6. The molecule has 2 heterocycles. The van der Waals surface area contributed by atoms with Gasteiger partial charge in [-0.05, 0) is 45.7 Å². The van der Waals surface area contributed by atoms with Crippen molar-refractivity contribution in [1.82, 2.24) is 14.9 Å². The number of methoxy groups -OCH3 is 1. The van der Waals surface area contributed by atoms with E-state index in [1.807, 2.05) is 65.7 Å². The molecular weight excluding hydrogens is 531 g/mol. The highest BCUT2D eigenvalue weighted by atomic mass is 35.5. The molecule has 1 amide bonds. The number of hydrogen-bond acceptors (Lipinski definition) is 4. The van der Waals surface area contributed by atoms with Crippen molar-refractivity contribution in [2.75, 3.05) is 25.1 Å². The Hall–Kier alpha value is -4.00. The zero-order valence-corrected chi connectivity index (χ0v) is 23.2. The van der Waals surface area contributed by atoms with Crippen LogP contribution < -0.4 is 9.64 Å². The lowest BCUT2D eigenvalue weighted by Crippen LogP contribution is -2.35. The summed E-state index contributed by atoms with van der Waals surface area (Å²) in [4.78, 5) is 25.8. The van der Waals surface area contributed by atoms with Crippen LogP contribution in [0.15, 0.2) is 97.5 Å². The van der Waals surface area contributed by atoms with Gasteiger partial charge in [-0.15, -0.1) is 24.8 Å². The number of H-pyrrole nitrogens is 1. The van der Waals surface area contributed by atoms with Crippen molar-refractivity contribution < 1.29 is 9.53 Å². The molecule has 6 nitrogen and oxygen atoms in total. The van der Waals surface area contributed by atoms with Crippen LogP contribution in [0.5, 0.6) is 5.75 Å². The Morgan fingerprint density at radius 1 is 0.923 bits per heavy atom. The molecule has 5 aromatic rings. The van der Waals surface area contributed by atoms with Gasteiger partial charge in [0.05, 0.1) is 31.2 Å². The largest absolute Gasteiger partial charge is 0.496 e. The number of amides is 1. The number of nitrogens with zero attached hydrogens (tertiary/aromatic N) is 3. The third-order valence-corrected chi connectivity index (χ3v) is 7.06. The molecule has 0 aliphatic carbocycles. The molecule has 0 atom stereocenters. The number of nitrogens with one attached hydrogen (secondary N) is 1. The van der Waals surface area contributed by atoms with Gasteiger partial charge in [0.15, 0.2) is 0 Å². The minimum Gasteiger partial charge on any atom is -0.496 e. The van der Waals surface area contributed by atoms with Crippen molar-refractivity contribution in [2.45, 2.75) is 13.1 Å². The highest BCUT2D eigenvalue weighted by molar-refractivity contribution is 6.09. The van der Waals surface area contributed by atoms with E-state index < -0.39 is 0 Å². The summed E-state index contributed by atoms with van der Waals surface area (Å²) in [6.45, 7) is 2.50. The monoisotopic (exact) mass is 560 g/mol. The molecule has 0 fully saturated rings. The van der Waals surface area contributed by atoms with E-state index >= 15 is 0 Å². The third-order valence-electron chi connectivity index (χ3n) is 7.06. The Bertz CT molecular complexity index is 1560. The van der Waals surface area contributed by atoms with E-state index in [2.05, 4.69) is 45.2 Å². The molecule has 6 rings (SSSR count). The van der Waals surface area contributed by atoms with Gasteiger partial charge in [0.2, 0.25) is 0 Å². The fourth-order valence-corrected chi connectivity index (χ4v) is 5.19. The lowest BCUT2D eigenvalue weighted by Gasteiger charge is -2.25. The summed E-state index contributed by atoms with van der Waals surface area (Å²) in [6.07, 6.45) is 3.56. The maximum absolute atomic E-state index is 14.1. The second kappa shape index (κ2) is 12.2. The maximum Gasteiger partial charge on any atom is 0.258 e. The first-order chi connectivity index (χ1) is 18.2. The van der Waals surface area contributed by atoms with E-state index in [1.165, 1.54) is 0 Å². The Balaban J connectivity index is 0.00000176. The molecule has 0 saturated carbocycles. The quantitative estimate of drug-likeness (QED) is 0.258. The molecule has 1 aromatic heterocycles. The summed E-state index contributed by atoms with van der Waals surface area (Å²) in [5.41, 5.74) is 6.19. The zero-order valence-electron chi connectivity index (χ0n) is 21.5. The van der Waals surface area contributed by atoms with Crippen molar-refractivity contribution in [3.05, 3.63) is 114 Å². The number of ether oxygens (including phenoxy) is 1. The molecule has 200 valence electrons. The van der Waals surface area contributed by atoms with Gasteiger partial charge in [-0.25, -0.2) is 4.98 Å². The van der Waals surface area contributed by atoms with Crippen LogP contribution in [0, 0.1) is 0 Å². The molecule has 0 saturated heterocycles. The third kappa shape index (κ3) is 5.58. The summed E-state index contributed by atoms with van der Waals surface area (Å²) in [7, 11) is 1.62. The molecule has 0 bridgehead atoms. The van der Waals surface area contributed by atoms with Crippen LogP contribution in [-0.4, -0.2) is 41.0 Å². The van der Waals surface area contributed by atoms with Crippen LogP contribution in [0.4, 0.5) is 5.69 Å². The summed E-state index contributed by atoms with van der Waals surface area (Å²) < 4.78 is 5.67. The van der Waals surface area contributed by atoms with Crippen LogP contribution in [0.1, 0.15) is 21.6 Å². The summed E-state index contributed by atoms with van der Waals surface area (Å²) in [6, 6.07) is 28.8. The predicted molar refractivity (Wildman–Crippen MR) is 161 cm³/mol. The van der Waals surface area contributed by atoms with Crippen LogP contribution in [-0.2, 0) is 13.1 Å². The topological polar surface area (TPSA) is 61.5 Å². The number of rotatable bonds is 5. The van der Waals surface area contributed by atoms with Gasteiger partial charge in [-0.2, -0.15) is 0 Å². The second-order valence-electron chi connectivity index (χ2n) is 9.30. The Morgan fingerprint density at radius 3 is 2.49 bits per heavy atom. The smallest absolute Gasteiger partial charge is 0.258 e.